The van der Waals surface area contributed by atoms with Crippen molar-refractivity contribution in [3.8, 4) is 6.19 Å². The van der Waals surface area contributed by atoms with Crippen LogP contribution in [0, 0.1) is 17.4 Å². The number of aromatic nitrogens is 2. The van der Waals surface area contributed by atoms with Crippen LogP contribution in [0.4, 0.5) is 16.0 Å². The van der Waals surface area contributed by atoms with Gasteiger partial charge in [-0.1, -0.05) is 25.1 Å². The highest BCUT2D eigenvalue weighted by molar-refractivity contribution is 5.80. The third kappa shape index (κ3) is 1.90. The molecule has 9 nitrogen and oxygen atoms in total. The minimum atomic E-state index is -1.63. The molecule has 1 aliphatic carbocycles. The maximum absolute atomic E-state index is 15.0. The van der Waals surface area contributed by atoms with Crippen LogP contribution in [0.25, 0.3) is 0 Å². The lowest BCUT2D eigenvalue weighted by atomic mass is 10.1. The molecule has 3 aliphatic heterocycles. The fourth-order valence-electron chi connectivity index (χ4n) is 3.99. The Morgan fingerprint density at radius 1 is 1.32 bits per heavy atom. The molecule has 6 rings (SSSR count). The fraction of sp³-hybridized carbons (Fsp3) is 0.333. The van der Waals surface area contributed by atoms with Crippen LogP contribution in [-0.2, 0) is 0 Å². The van der Waals surface area contributed by atoms with Gasteiger partial charge in [-0.05, 0) is 23.6 Å². The van der Waals surface area contributed by atoms with Gasteiger partial charge >= 0.3 is 0 Å². The third-order valence-corrected chi connectivity index (χ3v) is 5.61. The Kier molecular flexibility index (Phi) is 2.88. The van der Waals surface area contributed by atoms with Crippen molar-refractivity contribution in [2.24, 2.45) is 10.9 Å². The van der Waals surface area contributed by atoms with Gasteiger partial charge in [0.1, 0.15) is 6.34 Å². The molecule has 0 amide bonds. The van der Waals surface area contributed by atoms with Crippen LogP contribution in [0.1, 0.15) is 36.9 Å². The Balaban J connectivity index is 1.45. The molecule has 140 valence electrons. The largest absolute Gasteiger partial charge is 0.337 e. The molecule has 4 aliphatic rings. The zero-order valence-electron chi connectivity index (χ0n) is 14.8. The summed E-state index contributed by atoms with van der Waals surface area (Å²) in [6.45, 7) is 2.14. The van der Waals surface area contributed by atoms with Crippen molar-refractivity contribution in [3.63, 3.8) is 0 Å². The molecule has 2 aromatic rings. The number of hydrazine groups is 1. The van der Waals surface area contributed by atoms with Gasteiger partial charge in [0.05, 0.1) is 11.9 Å². The van der Waals surface area contributed by atoms with Gasteiger partial charge in [0.15, 0.2) is 18.2 Å². The summed E-state index contributed by atoms with van der Waals surface area (Å²) in [5, 5.41) is 16.8. The van der Waals surface area contributed by atoms with E-state index in [2.05, 4.69) is 22.1 Å². The van der Waals surface area contributed by atoms with E-state index in [1.54, 1.807) is 16.4 Å². The molecule has 0 spiro atoms. The number of hydrogen-bond acceptors (Lipinski definition) is 9. The summed E-state index contributed by atoms with van der Waals surface area (Å²) >= 11 is 0. The van der Waals surface area contributed by atoms with E-state index in [0.717, 1.165) is 16.9 Å². The van der Waals surface area contributed by atoms with Crippen LogP contribution >= 0.6 is 0 Å². The van der Waals surface area contributed by atoms with Gasteiger partial charge in [-0.2, -0.15) is 14.6 Å². The Labute approximate surface area is 159 Å². The SMILES string of the molecule is CC1CC1c1nc(N2C=NC3c4ccccc4N4C(=CN(C#N)C4F)N32)no1. The van der Waals surface area contributed by atoms with Gasteiger partial charge in [0.25, 0.3) is 12.4 Å². The monoisotopic (exact) mass is 378 g/mol. The molecule has 4 unspecified atom stereocenters. The number of nitriles is 1. The van der Waals surface area contributed by atoms with E-state index in [9.17, 15) is 9.65 Å². The molecule has 0 radical (unpaired) electrons. The molecule has 4 atom stereocenters. The first-order valence-corrected chi connectivity index (χ1v) is 9.05. The lowest BCUT2D eigenvalue weighted by Gasteiger charge is -2.42. The van der Waals surface area contributed by atoms with E-state index >= 15 is 0 Å². The Morgan fingerprint density at radius 3 is 2.93 bits per heavy atom. The molecule has 0 saturated heterocycles. The summed E-state index contributed by atoms with van der Waals surface area (Å²) in [7, 11) is 0. The number of anilines is 2. The van der Waals surface area contributed by atoms with E-state index in [1.165, 1.54) is 11.1 Å². The third-order valence-electron chi connectivity index (χ3n) is 5.61. The first-order chi connectivity index (χ1) is 13.7. The lowest BCUT2D eigenvalue weighted by Crippen LogP contribution is -2.49. The van der Waals surface area contributed by atoms with E-state index < -0.39 is 12.6 Å². The first-order valence-electron chi connectivity index (χ1n) is 9.05. The Morgan fingerprint density at radius 2 is 2.14 bits per heavy atom. The number of para-hydroxylation sites is 1. The predicted molar refractivity (Wildman–Crippen MR) is 95.7 cm³/mol. The highest BCUT2D eigenvalue weighted by Crippen LogP contribution is 2.49. The highest BCUT2D eigenvalue weighted by Gasteiger charge is 2.49. The van der Waals surface area contributed by atoms with Gasteiger partial charge in [-0.25, -0.2) is 19.9 Å². The number of benzene rings is 1. The predicted octanol–water partition coefficient (Wildman–Crippen LogP) is 2.63. The minimum Gasteiger partial charge on any atom is -0.337 e. The number of aliphatic imine (C=N–C) groups is 1. The van der Waals surface area contributed by atoms with Crippen molar-refractivity contribution in [3.05, 3.63) is 47.7 Å². The molecule has 1 saturated carbocycles. The van der Waals surface area contributed by atoms with Gasteiger partial charge in [0.2, 0.25) is 5.89 Å². The van der Waals surface area contributed by atoms with Crippen molar-refractivity contribution >= 4 is 18.0 Å². The standard InChI is InChI=1S/C18H15FN8O/c1-10-6-12(10)16-22-18(23-28-16)25-9-21-15-11-4-2-3-5-13(11)26-14(27(15)25)7-24(8-20)17(26)19/h2-5,7,9-10,12,15,17H,6H2,1H3. The molecule has 10 heteroatoms. The summed E-state index contributed by atoms with van der Waals surface area (Å²) in [5.41, 5.74) is 1.51. The fourth-order valence-corrected chi connectivity index (χ4v) is 3.99. The van der Waals surface area contributed by atoms with Crippen LogP contribution < -0.4 is 9.91 Å². The van der Waals surface area contributed by atoms with Crippen LogP contribution in [0.2, 0.25) is 0 Å². The van der Waals surface area contributed by atoms with Crippen LogP contribution in [-0.4, -0.2) is 32.8 Å². The van der Waals surface area contributed by atoms with E-state index in [1.807, 2.05) is 30.5 Å². The number of hydrogen-bond donors (Lipinski definition) is 0. The molecule has 1 aromatic heterocycles. The van der Waals surface area contributed by atoms with Gasteiger partial charge in [-0.15, -0.1) is 0 Å². The summed E-state index contributed by atoms with van der Waals surface area (Å²) in [6.07, 6.45) is 3.97. The van der Waals surface area contributed by atoms with Crippen molar-refractivity contribution in [2.75, 3.05) is 9.91 Å². The quantitative estimate of drug-likeness (QED) is 0.582. The second-order valence-corrected chi connectivity index (χ2v) is 7.31. The van der Waals surface area contributed by atoms with Crippen molar-refractivity contribution < 1.29 is 8.91 Å². The maximum Gasteiger partial charge on any atom is 0.290 e. The van der Waals surface area contributed by atoms with Crippen LogP contribution in [0.3, 0.4) is 0 Å². The van der Waals surface area contributed by atoms with Crippen LogP contribution in [0.15, 0.2) is 45.8 Å². The average molecular weight is 378 g/mol. The molecule has 28 heavy (non-hydrogen) atoms. The smallest absolute Gasteiger partial charge is 0.290 e. The lowest BCUT2D eigenvalue weighted by molar-refractivity contribution is 0.191. The molecule has 0 bridgehead atoms. The Bertz CT molecular complexity index is 1070. The van der Waals surface area contributed by atoms with E-state index in [0.29, 0.717) is 35.2 Å². The molecule has 1 fully saturated rings. The van der Waals surface area contributed by atoms with Gasteiger partial charge in [-0.3, -0.25) is 4.90 Å². The summed E-state index contributed by atoms with van der Waals surface area (Å²) in [5.74, 6) is 2.27. The van der Waals surface area contributed by atoms with Gasteiger partial charge in [0, 0.05) is 11.5 Å². The zero-order valence-corrected chi connectivity index (χ0v) is 14.8. The average Bonchev–Trinajstić information content (AvgIpc) is 3.11. The number of halogens is 1. The molecular formula is C18H15FN8O. The van der Waals surface area contributed by atoms with E-state index in [-0.39, 0.29) is 0 Å². The van der Waals surface area contributed by atoms with Crippen LogP contribution in [0.5, 0.6) is 0 Å². The normalized spacial score (nSPS) is 29.4. The molecule has 1 aromatic carbocycles. The second kappa shape index (κ2) is 5.22. The second-order valence-electron chi connectivity index (χ2n) is 7.31. The van der Waals surface area contributed by atoms with Gasteiger partial charge < -0.3 is 4.52 Å². The number of nitrogens with zero attached hydrogens (tertiary/aromatic N) is 8. The number of alkyl halides is 1. The molecular weight excluding hydrogens is 363 g/mol. The topological polar surface area (TPSA) is 88.0 Å². The van der Waals surface area contributed by atoms with E-state index in [4.69, 9.17) is 4.52 Å². The summed E-state index contributed by atoms with van der Waals surface area (Å²) < 4.78 is 20.4. The number of rotatable bonds is 2. The minimum absolute atomic E-state index is 0.296. The van der Waals surface area contributed by atoms with Crippen molar-refractivity contribution in [1.82, 2.24) is 20.0 Å². The highest BCUT2D eigenvalue weighted by atomic mass is 19.1. The van der Waals surface area contributed by atoms with Crippen molar-refractivity contribution in [1.29, 1.82) is 5.26 Å². The summed E-state index contributed by atoms with van der Waals surface area (Å²) in [4.78, 5) is 11.6. The Hall–Kier alpha value is -3.61. The maximum atomic E-state index is 15.0. The zero-order chi connectivity index (χ0) is 19.0. The first kappa shape index (κ1) is 15.4. The van der Waals surface area contributed by atoms with Crippen molar-refractivity contribution in [2.45, 2.75) is 31.8 Å². The number of fused-ring (bicyclic) bond motifs is 6. The molecule has 4 heterocycles. The summed E-state index contributed by atoms with van der Waals surface area (Å²) in [6, 6.07) is 7.45. The molecule has 0 N–H and O–H groups in total.